The van der Waals surface area contributed by atoms with E-state index in [4.69, 9.17) is 17.0 Å². The normalized spacial score (nSPS) is 3.50. The van der Waals surface area contributed by atoms with Gasteiger partial charge in [-0.25, -0.2) is 0 Å². The Morgan fingerprint density at radius 1 is 1.25 bits per heavy atom. The predicted molar refractivity (Wildman–Crippen MR) is 16.7 cm³/mol. The third-order valence-electron chi connectivity index (χ3n) is 0. The van der Waals surface area contributed by atoms with Crippen LogP contribution in [-0.2, 0) is 20.8 Å². The zero-order valence-corrected chi connectivity index (χ0v) is 5.93. The molecule has 1 nitrogen and oxygen atoms in total. The van der Waals surface area contributed by atoms with Crippen LogP contribution in [0, 0.1) is 0 Å². The molecule has 0 bridgehead atoms. The SMILES string of the molecule is N.[Cl][Zr][Cl]. The second-order valence-electron chi connectivity index (χ2n) is 0.0714. The second-order valence-corrected chi connectivity index (χ2v) is 3.80. The molecule has 0 aromatic rings. The van der Waals surface area contributed by atoms with E-state index in [1.807, 2.05) is 0 Å². The van der Waals surface area contributed by atoms with E-state index in [0.29, 0.717) is 0 Å². The van der Waals surface area contributed by atoms with Gasteiger partial charge in [0.15, 0.2) is 0 Å². The minimum atomic E-state index is -0.826. The van der Waals surface area contributed by atoms with Crippen molar-refractivity contribution in [3.63, 3.8) is 0 Å². The van der Waals surface area contributed by atoms with Crippen molar-refractivity contribution in [3.8, 4) is 0 Å². The molecule has 0 aliphatic rings. The Labute approximate surface area is 43.9 Å². The summed E-state index contributed by atoms with van der Waals surface area (Å²) in [5, 5.41) is 0. The van der Waals surface area contributed by atoms with Crippen molar-refractivity contribution in [1.29, 1.82) is 0 Å². The molecule has 0 saturated carbocycles. The van der Waals surface area contributed by atoms with E-state index in [0.717, 1.165) is 0 Å². The molecule has 0 unspecified atom stereocenters. The van der Waals surface area contributed by atoms with Crippen molar-refractivity contribution in [1.82, 2.24) is 6.15 Å². The molecule has 0 rings (SSSR count). The fourth-order valence-corrected chi connectivity index (χ4v) is 0. The van der Waals surface area contributed by atoms with Crippen LogP contribution in [0.15, 0.2) is 0 Å². The van der Waals surface area contributed by atoms with Gasteiger partial charge >= 0.3 is 37.9 Å². The van der Waals surface area contributed by atoms with E-state index in [2.05, 4.69) is 0 Å². The molecule has 0 atom stereocenters. The van der Waals surface area contributed by atoms with Crippen LogP contribution in [0.3, 0.4) is 0 Å². The van der Waals surface area contributed by atoms with E-state index in [-0.39, 0.29) is 6.15 Å². The Hall–Kier alpha value is 1.42. The molecule has 0 heterocycles. The monoisotopic (exact) mass is 177 g/mol. The molecule has 0 spiro atoms. The Morgan fingerprint density at radius 3 is 1.25 bits per heavy atom. The van der Waals surface area contributed by atoms with Crippen LogP contribution in [0.5, 0.6) is 0 Å². The van der Waals surface area contributed by atoms with E-state index in [1.54, 1.807) is 0 Å². The summed E-state index contributed by atoms with van der Waals surface area (Å²) in [5.74, 6) is 0. The first-order valence-electron chi connectivity index (χ1n) is 0.378. The summed E-state index contributed by atoms with van der Waals surface area (Å²) in [5.41, 5.74) is 0. The van der Waals surface area contributed by atoms with Gasteiger partial charge in [-0.05, 0) is 0 Å². The number of rotatable bonds is 0. The van der Waals surface area contributed by atoms with Crippen molar-refractivity contribution in [2.24, 2.45) is 0 Å². The molecule has 3 N–H and O–H groups in total. The summed E-state index contributed by atoms with van der Waals surface area (Å²) in [7, 11) is 9.87. The molecule has 0 amide bonds. The van der Waals surface area contributed by atoms with Crippen LogP contribution in [0.25, 0.3) is 0 Å². The van der Waals surface area contributed by atoms with Crippen LogP contribution >= 0.6 is 17.0 Å². The van der Waals surface area contributed by atoms with Crippen LogP contribution in [-0.4, -0.2) is 0 Å². The molecule has 0 fully saturated rings. The number of hydrogen-bond acceptors (Lipinski definition) is 1. The molecule has 4 heteroatoms. The summed E-state index contributed by atoms with van der Waals surface area (Å²) in [6.45, 7) is 0. The van der Waals surface area contributed by atoms with Crippen molar-refractivity contribution < 1.29 is 20.8 Å². The van der Waals surface area contributed by atoms with E-state index in [9.17, 15) is 0 Å². The van der Waals surface area contributed by atoms with Crippen LogP contribution in [0.1, 0.15) is 0 Å². The summed E-state index contributed by atoms with van der Waals surface area (Å²) in [6, 6.07) is 0. The zero-order chi connectivity index (χ0) is 2.71. The topological polar surface area (TPSA) is 35.0 Å². The van der Waals surface area contributed by atoms with Crippen molar-refractivity contribution in [3.05, 3.63) is 0 Å². The molecular formula is H3Cl2NZr. The Morgan fingerprint density at radius 2 is 1.25 bits per heavy atom. The van der Waals surface area contributed by atoms with E-state index >= 15 is 0 Å². The molecule has 0 aliphatic carbocycles. The first kappa shape index (κ1) is 9.05. The van der Waals surface area contributed by atoms with Crippen LogP contribution in [0.4, 0.5) is 0 Å². The predicted octanol–water partition coefficient (Wildman–Crippen LogP) is 1.54. The van der Waals surface area contributed by atoms with Crippen molar-refractivity contribution in [2.75, 3.05) is 0 Å². The number of hydrogen-bond donors (Lipinski definition) is 1. The average molecular weight is 179 g/mol. The molecule has 0 aromatic heterocycles. The van der Waals surface area contributed by atoms with Gasteiger partial charge in [0, 0.05) is 0 Å². The summed E-state index contributed by atoms with van der Waals surface area (Å²) in [6.07, 6.45) is 0. The van der Waals surface area contributed by atoms with Crippen molar-refractivity contribution >= 4 is 17.0 Å². The first-order chi connectivity index (χ1) is 1.41. The van der Waals surface area contributed by atoms with Gasteiger partial charge in [0.25, 0.3) is 0 Å². The standard InChI is InChI=1S/2ClH.H3N.Zr/h2*1H;1H3;/q;;;+2/p-2. The molecule has 4 heavy (non-hydrogen) atoms. The van der Waals surface area contributed by atoms with Gasteiger partial charge in [0.05, 0.1) is 0 Å². The molecule has 0 saturated heterocycles. The Bertz CT molecular complexity index is 6.00. The number of halogens is 2. The van der Waals surface area contributed by atoms with Crippen molar-refractivity contribution in [2.45, 2.75) is 0 Å². The summed E-state index contributed by atoms with van der Waals surface area (Å²) < 4.78 is 0. The molecule has 0 radical (unpaired) electrons. The second kappa shape index (κ2) is 8.83. The third kappa shape index (κ3) is 9.92. The molecular weight excluding hydrogens is 176 g/mol. The van der Waals surface area contributed by atoms with Gasteiger partial charge in [0.2, 0.25) is 0 Å². The van der Waals surface area contributed by atoms with Gasteiger partial charge in [-0.1, -0.05) is 0 Å². The minimum absolute atomic E-state index is 0. The van der Waals surface area contributed by atoms with Crippen LogP contribution in [0.2, 0.25) is 0 Å². The molecule has 26 valence electrons. The average Bonchev–Trinajstić information content (AvgIpc) is 0.918. The quantitative estimate of drug-likeness (QED) is 0.601. The van der Waals surface area contributed by atoms with Gasteiger partial charge in [-0.3, -0.25) is 0 Å². The Balaban J connectivity index is 0. The fourth-order valence-electron chi connectivity index (χ4n) is 0. The molecule has 0 aromatic carbocycles. The maximum atomic E-state index is 4.93. The van der Waals surface area contributed by atoms with Gasteiger partial charge in [-0.2, -0.15) is 0 Å². The summed E-state index contributed by atoms with van der Waals surface area (Å²) in [4.78, 5) is 0. The van der Waals surface area contributed by atoms with Gasteiger partial charge in [0.1, 0.15) is 0 Å². The van der Waals surface area contributed by atoms with Gasteiger partial charge < -0.3 is 6.15 Å². The molecule has 0 aliphatic heterocycles. The van der Waals surface area contributed by atoms with E-state index in [1.165, 1.54) is 0 Å². The third-order valence-corrected chi connectivity index (χ3v) is 0. The first-order valence-corrected chi connectivity index (χ1v) is 6.71. The maximum absolute atomic E-state index is 4.93. The summed E-state index contributed by atoms with van der Waals surface area (Å²) >= 11 is -0.826. The van der Waals surface area contributed by atoms with Gasteiger partial charge in [-0.15, -0.1) is 0 Å². The van der Waals surface area contributed by atoms with Crippen LogP contribution < -0.4 is 6.15 Å². The van der Waals surface area contributed by atoms with E-state index < -0.39 is 20.8 Å². The Kier molecular flexibility index (Phi) is 20.0. The zero-order valence-electron chi connectivity index (χ0n) is 1.96. The fraction of sp³-hybridized carbons (Fsp3) is 0.